The zero-order chi connectivity index (χ0) is 22.3. The van der Waals surface area contributed by atoms with E-state index in [1.807, 2.05) is 24.3 Å². The van der Waals surface area contributed by atoms with Gasteiger partial charge in [0, 0.05) is 23.7 Å². The number of carboxylic acid groups (broad SMARTS) is 1. The van der Waals surface area contributed by atoms with Crippen LogP contribution in [-0.2, 0) is 11.2 Å². The van der Waals surface area contributed by atoms with Crippen LogP contribution in [0.4, 0.5) is 0 Å². The van der Waals surface area contributed by atoms with Crippen molar-refractivity contribution in [2.75, 3.05) is 13.7 Å². The molecule has 7 nitrogen and oxygen atoms in total. The summed E-state index contributed by atoms with van der Waals surface area (Å²) in [7, 11) is 1.47. The number of hydrogen-bond donors (Lipinski definition) is 2. The number of carbonyl (C=O) groups is 2. The fourth-order valence-electron chi connectivity index (χ4n) is 3.80. The molecule has 2 aromatic rings. The molecule has 3 rings (SSSR count). The lowest BCUT2D eigenvalue weighted by Gasteiger charge is -2.29. The highest BCUT2D eigenvalue weighted by Gasteiger charge is 2.40. The average Bonchev–Trinajstić information content (AvgIpc) is 3.01. The molecule has 1 saturated carbocycles. The summed E-state index contributed by atoms with van der Waals surface area (Å²) in [6.07, 6.45) is 6.24. The summed E-state index contributed by atoms with van der Waals surface area (Å²) in [5.74, 6) is -0.929. The van der Waals surface area contributed by atoms with Crippen LogP contribution < -0.4 is 14.8 Å². The van der Waals surface area contributed by atoms with Crippen LogP contribution in [0.15, 0.2) is 36.5 Å². The van der Waals surface area contributed by atoms with Crippen LogP contribution in [0.2, 0.25) is 5.02 Å². The number of pyridine rings is 1. The molecule has 0 bridgehead atoms. The van der Waals surface area contributed by atoms with Crippen LogP contribution in [0.1, 0.15) is 54.4 Å². The molecule has 31 heavy (non-hydrogen) atoms. The van der Waals surface area contributed by atoms with Crippen molar-refractivity contribution in [3.05, 3.63) is 52.7 Å². The molecular weight excluding hydrogens is 420 g/mol. The SMILES string of the molecule is COc1ncc(C(=O)NC2(C(=O)O)CCCCCC2)cc1OCCc1ccccc1Cl. The fourth-order valence-corrected chi connectivity index (χ4v) is 4.03. The van der Waals surface area contributed by atoms with E-state index < -0.39 is 17.4 Å². The number of aromatic nitrogens is 1. The zero-order valence-corrected chi connectivity index (χ0v) is 18.3. The number of carbonyl (C=O) groups excluding carboxylic acids is 1. The maximum atomic E-state index is 12.9. The molecule has 8 heteroatoms. The van der Waals surface area contributed by atoms with Gasteiger partial charge in [-0.15, -0.1) is 0 Å². The zero-order valence-electron chi connectivity index (χ0n) is 17.5. The van der Waals surface area contributed by atoms with Gasteiger partial charge in [-0.2, -0.15) is 0 Å². The van der Waals surface area contributed by atoms with Gasteiger partial charge in [0.2, 0.25) is 0 Å². The number of amides is 1. The van der Waals surface area contributed by atoms with E-state index in [9.17, 15) is 14.7 Å². The summed E-state index contributed by atoms with van der Waals surface area (Å²) in [4.78, 5) is 29.0. The van der Waals surface area contributed by atoms with Gasteiger partial charge in [-0.1, -0.05) is 55.5 Å². The van der Waals surface area contributed by atoms with E-state index in [0.29, 0.717) is 36.6 Å². The summed E-state index contributed by atoms with van der Waals surface area (Å²) in [5.41, 5.74) is -0.0846. The molecule has 0 unspecified atom stereocenters. The molecule has 166 valence electrons. The Hall–Kier alpha value is -2.80. The van der Waals surface area contributed by atoms with E-state index in [2.05, 4.69) is 10.3 Å². The minimum Gasteiger partial charge on any atom is -0.488 e. The minimum atomic E-state index is -1.25. The first-order valence-corrected chi connectivity index (χ1v) is 10.8. The molecule has 1 aromatic heterocycles. The van der Waals surface area contributed by atoms with E-state index >= 15 is 0 Å². The Labute approximate surface area is 186 Å². The van der Waals surface area contributed by atoms with Gasteiger partial charge in [0.25, 0.3) is 11.8 Å². The molecule has 1 amide bonds. The van der Waals surface area contributed by atoms with Gasteiger partial charge >= 0.3 is 5.97 Å². The maximum Gasteiger partial charge on any atom is 0.329 e. The van der Waals surface area contributed by atoms with Crippen molar-refractivity contribution >= 4 is 23.5 Å². The normalized spacial score (nSPS) is 15.5. The number of halogens is 1. The summed E-state index contributed by atoms with van der Waals surface area (Å²) in [6, 6.07) is 9.03. The highest BCUT2D eigenvalue weighted by molar-refractivity contribution is 6.31. The number of ether oxygens (including phenoxy) is 2. The van der Waals surface area contributed by atoms with Gasteiger partial charge in [-0.25, -0.2) is 9.78 Å². The largest absolute Gasteiger partial charge is 0.488 e. The standard InChI is InChI=1S/C23H27ClN2O5/c1-30-21-19(31-13-10-16-8-4-5-9-18(16)24)14-17(15-25-21)20(27)26-23(22(28)29)11-6-2-3-7-12-23/h4-5,8-9,14-15H,2-3,6-7,10-13H2,1H3,(H,26,27)(H,28,29). The number of nitrogens with zero attached hydrogens (tertiary/aromatic N) is 1. The molecule has 1 heterocycles. The van der Waals surface area contributed by atoms with Crippen LogP contribution in [0.5, 0.6) is 11.6 Å². The first kappa shape index (κ1) is 22.9. The number of rotatable bonds is 8. The third-order valence-electron chi connectivity index (χ3n) is 5.58. The molecule has 1 aliphatic rings. The second-order valence-corrected chi connectivity index (χ2v) is 8.08. The molecule has 2 N–H and O–H groups in total. The van der Waals surface area contributed by atoms with Crippen molar-refractivity contribution in [3.63, 3.8) is 0 Å². The molecule has 1 aliphatic carbocycles. The summed E-state index contributed by atoms with van der Waals surface area (Å²) in [6.45, 7) is 0.311. The van der Waals surface area contributed by atoms with Crippen molar-refractivity contribution in [2.45, 2.75) is 50.5 Å². The first-order valence-electron chi connectivity index (χ1n) is 10.4. The van der Waals surface area contributed by atoms with Crippen molar-refractivity contribution < 1.29 is 24.2 Å². The van der Waals surface area contributed by atoms with Crippen LogP contribution in [0.3, 0.4) is 0 Å². The van der Waals surface area contributed by atoms with E-state index in [1.165, 1.54) is 19.4 Å². The smallest absolute Gasteiger partial charge is 0.329 e. The van der Waals surface area contributed by atoms with Gasteiger partial charge < -0.3 is 19.9 Å². The monoisotopic (exact) mass is 446 g/mol. The molecule has 1 fully saturated rings. The lowest BCUT2D eigenvalue weighted by Crippen LogP contribution is -2.54. The van der Waals surface area contributed by atoms with Crippen LogP contribution in [-0.4, -0.2) is 41.2 Å². The first-order chi connectivity index (χ1) is 14.9. The van der Waals surface area contributed by atoms with E-state index in [-0.39, 0.29) is 11.4 Å². The lowest BCUT2D eigenvalue weighted by atomic mass is 9.90. The topological polar surface area (TPSA) is 97.8 Å². The molecule has 0 aliphatic heterocycles. The molecule has 0 saturated heterocycles. The van der Waals surface area contributed by atoms with Gasteiger partial charge in [-0.3, -0.25) is 4.79 Å². The van der Waals surface area contributed by atoms with Gasteiger partial charge in [0.15, 0.2) is 5.75 Å². The Morgan fingerprint density at radius 1 is 1.19 bits per heavy atom. The molecule has 1 aromatic carbocycles. The number of methoxy groups -OCH3 is 1. The van der Waals surface area contributed by atoms with E-state index in [0.717, 1.165) is 31.2 Å². The molecule has 0 radical (unpaired) electrons. The summed E-state index contributed by atoms with van der Waals surface area (Å²) >= 11 is 6.18. The van der Waals surface area contributed by atoms with E-state index in [1.54, 1.807) is 0 Å². The Bertz CT molecular complexity index is 926. The number of nitrogens with one attached hydrogen (secondary N) is 1. The maximum absolute atomic E-state index is 12.9. The molecule has 0 spiro atoms. The van der Waals surface area contributed by atoms with Gasteiger partial charge in [0.05, 0.1) is 19.3 Å². The third kappa shape index (κ3) is 5.67. The van der Waals surface area contributed by atoms with Crippen molar-refractivity contribution in [1.82, 2.24) is 10.3 Å². The highest BCUT2D eigenvalue weighted by Crippen LogP contribution is 2.29. The van der Waals surface area contributed by atoms with Crippen LogP contribution in [0.25, 0.3) is 0 Å². The quantitative estimate of drug-likeness (QED) is 0.587. The van der Waals surface area contributed by atoms with Crippen molar-refractivity contribution in [2.24, 2.45) is 0 Å². The Kier molecular flexibility index (Phi) is 7.74. The Balaban J connectivity index is 1.73. The van der Waals surface area contributed by atoms with Crippen molar-refractivity contribution in [1.29, 1.82) is 0 Å². The second-order valence-electron chi connectivity index (χ2n) is 7.68. The van der Waals surface area contributed by atoms with Crippen LogP contribution >= 0.6 is 11.6 Å². The van der Waals surface area contributed by atoms with Gasteiger partial charge in [-0.05, 0) is 24.5 Å². The predicted octanol–water partition coefficient (Wildman–Crippen LogP) is 4.27. The molecular formula is C23H27ClN2O5. The third-order valence-corrected chi connectivity index (χ3v) is 5.95. The number of aliphatic carboxylic acids is 1. The van der Waals surface area contributed by atoms with Crippen LogP contribution in [0, 0.1) is 0 Å². The van der Waals surface area contributed by atoms with Crippen molar-refractivity contribution in [3.8, 4) is 11.6 Å². The average molecular weight is 447 g/mol. The lowest BCUT2D eigenvalue weighted by molar-refractivity contribution is -0.145. The Morgan fingerprint density at radius 3 is 2.55 bits per heavy atom. The number of benzene rings is 1. The Morgan fingerprint density at radius 2 is 1.90 bits per heavy atom. The number of carboxylic acids is 1. The summed E-state index contributed by atoms with van der Waals surface area (Å²) in [5, 5.41) is 13.2. The molecule has 0 atom stereocenters. The fraction of sp³-hybridized carbons (Fsp3) is 0.435. The highest BCUT2D eigenvalue weighted by atomic mass is 35.5. The number of hydrogen-bond acceptors (Lipinski definition) is 5. The summed E-state index contributed by atoms with van der Waals surface area (Å²) < 4.78 is 11.1. The van der Waals surface area contributed by atoms with Gasteiger partial charge in [0.1, 0.15) is 5.54 Å². The second kappa shape index (κ2) is 10.5. The predicted molar refractivity (Wildman–Crippen MR) is 117 cm³/mol. The minimum absolute atomic E-state index is 0.221. The van der Waals surface area contributed by atoms with E-state index in [4.69, 9.17) is 21.1 Å².